The first-order valence-electron chi connectivity index (χ1n) is 3.49. The average Bonchev–Trinajstić information content (AvgIpc) is 2.28. The molecule has 66 valence electrons. The van der Waals surface area contributed by atoms with Gasteiger partial charge >= 0.3 is 0 Å². The van der Waals surface area contributed by atoms with Crippen LogP contribution in [-0.2, 0) is 0 Å². The Morgan fingerprint density at radius 3 is 2.75 bits per heavy atom. The molecule has 1 nitrogen and oxygen atoms in total. The Hall–Kier alpha value is 0.200. The Bertz CT molecular complexity index is 274. The summed E-state index contributed by atoms with van der Waals surface area (Å²) in [5.41, 5.74) is 1.14. The second-order valence-corrected chi connectivity index (χ2v) is 5.97. The van der Waals surface area contributed by atoms with Gasteiger partial charge in [0.1, 0.15) is 0 Å². The van der Waals surface area contributed by atoms with Gasteiger partial charge in [0.2, 0.25) is 0 Å². The third-order valence-corrected chi connectivity index (χ3v) is 4.31. The predicted octanol–water partition coefficient (Wildman–Crippen LogP) is 3.76. The molecular weight excluding hydrogens is 254 g/mol. The predicted molar refractivity (Wildman–Crippen MR) is 60.4 cm³/mol. The van der Waals surface area contributed by atoms with Crippen molar-refractivity contribution < 1.29 is 0 Å². The molecule has 1 aromatic heterocycles. The van der Waals surface area contributed by atoms with Crippen LogP contribution in [0.25, 0.3) is 0 Å². The number of aromatic nitrogens is 1. The van der Waals surface area contributed by atoms with Crippen molar-refractivity contribution in [3.8, 4) is 0 Å². The maximum atomic E-state index is 4.40. The Morgan fingerprint density at radius 1 is 1.67 bits per heavy atom. The molecule has 0 fully saturated rings. The van der Waals surface area contributed by atoms with Gasteiger partial charge in [-0.3, -0.25) is 0 Å². The molecule has 4 heteroatoms. The van der Waals surface area contributed by atoms with E-state index in [1.54, 1.807) is 23.1 Å². The highest BCUT2D eigenvalue weighted by atomic mass is 79.9. The van der Waals surface area contributed by atoms with E-state index in [-0.39, 0.29) is 0 Å². The number of halogens is 1. The van der Waals surface area contributed by atoms with Gasteiger partial charge in [-0.25, -0.2) is 4.98 Å². The van der Waals surface area contributed by atoms with Crippen LogP contribution in [0, 0.1) is 13.8 Å². The van der Waals surface area contributed by atoms with E-state index in [4.69, 9.17) is 0 Å². The maximum Gasteiger partial charge on any atom is 0.150 e. The molecule has 1 heterocycles. The lowest BCUT2D eigenvalue weighted by molar-refractivity contribution is 1.14. The van der Waals surface area contributed by atoms with Crippen LogP contribution in [0.2, 0.25) is 0 Å². The summed E-state index contributed by atoms with van der Waals surface area (Å²) in [6.07, 6.45) is 0. The molecule has 0 saturated carbocycles. The van der Waals surface area contributed by atoms with Gasteiger partial charge in [-0.15, -0.1) is 11.3 Å². The van der Waals surface area contributed by atoms with Crippen molar-refractivity contribution in [3.63, 3.8) is 0 Å². The molecule has 0 bridgehead atoms. The summed E-state index contributed by atoms with van der Waals surface area (Å²) in [7, 11) is 0. The first-order valence-corrected chi connectivity index (χ1v) is 6.09. The number of hydrogen-bond donors (Lipinski definition) is 0. The number of thiazole rings is 1. The lowest BCUT2D eigenvalue weighted by atomic mass is 10.4. The number of rotatable bonds is 3. The van der Waals surface area contributed by atoms with Crippen molar-refractivity contribution in [2.75, 3.05) is 5.75 Å². The van der Waals surface area contributed by atoms with Crippen LogP contribution >= 0.6 is 39.0 Å². The molecule has 0 unspecified atom stereocenters. The van der Waals surface area contributed by atoms with Crippen molar-refractivity contribution >= 4 is 39.0 Å². The smallest absolute Gasteiger partial charge is 0.150 e. The van der Waals surface area contributed by atoms with Gasteiger partial charge < -0.3 is 0 Å². The number of aryl methyl sites for hydroxylation is 2. The molecule has 0 aliphatic heterocycles. The highest BCUT2D eigenvalue weighted by Gasteiger charge is 2.03. The Kier molecular flexibility index (Phi) is 3.80. The van der Waals surface area contributed by atoms with Crippen molar-refractivity contribution in [3.05, 3.63) is 21.6 Å². The quantitative estimate of drug-likeness (QED) is 0.771. The van der Waals surface area contributed by atoms with Gasteiger partial charge in [-0.1, -0.05) is 34.3 Å². The van der Waals surface area contributed by atoms with E-state index in [1.165, 1.54) is 4.88 Å². The molecule has 0 radical (unpaired) electrons. The van der Waals surface area contributed by atoms with Crippen LogP contribution in [0.15, 0.2) is 15.4 Å². The Morgan fingerprint density at radius 2 is 2.33 bits per heavy atom. The Balaban J connectivity index is 2.58. The second kappa shape index (κ2) is 4.44. The van der Waals surface area contributed by atoms with E-state index in [2.05, 4.69) is 34.4 Å². The molecule has 0 aliphatic rings. The lowest BCUT2D eigenvalue weighted by Crippen LogP contribution is -1.76. The normalized spacial score (nSPS) is 10.2. The van der Waals surface area contributed by atoms with Crippen LogP contribution in [0.5, 0.6) is 0 Å². The van der Waals surface area contributed by atoms with Gasteiger partial charge in [0.25, 0.3) is 0 Å². The topological polar surface area (TPSA) is 12.9 Å². The van der Waals surface area contributed by atoms with Crippen LogP contribution in [0.3, 0.4) is 0 Å². The van der Waals surface area contributed by atoms with Gasteiger partial charge in [-0.05, 0) is 18.3 Å². The molecule has 0 N–H and O–H groups in total. The van der Waals surface area contributed by atoms with E-state index in [9.17, 15) is 0 Å². The summed E-state index contributed by atoms with van der Waals surface area (Å²) in [6.45, 7) is 7.91. The van der Waals surface area contributed by atoms with Gasteiger partial charge in [-0.2, -0.15) is 0 Å². The third-order valence-electron chi connectivity index (χ3n) is 1.36. The minimum Gasteiger partial charge on any atom is -0.235 e. The first-order chi connectivity index (χ1) is 5.59. The zero-order valence-electron chi connectivity index (χ0n) is 7.06. The molecule has 12 heavy (non-hydrogen) atoms. The molecule has 0 aliphatic carbocycles. The van der Waals surface area contributed by atoms with Gasteiger partial charge in [0.15, 0.2) is 4.34 Å². The van der Waals surface area contributed by atoms with E-state index < -0.39 is 0 Å². The monoisotopic (exact) mass is 263 g/mol. The minimum atomic E-state index is 0.895. The van der Waals surface area contributed by atoms with Crippen molar-refractivity contribution in [2.24, 2.45) is 0 Å². The van der Waals surface area contributed by atoms with E-state index in [1.807, 2.05) is 6.92 Å². The van der Waals surface area contributed by atoms with Crippen LogP contribution in [0.4, 0.5) is 0 Å². The fourth-order valence-electron chi connectivity index (χ4n) is 0.645. The third kappa shape index (κ3) is 2.92. The highest BCUT2D eigenvalue weighted by molar-refractivity contribution is 9.11. The molecule has 1 aromatic rings. The standard InChI is InChI=1S/C8H10BrNS2/c1-5(9)4-11-8-10-6(2)7(3)12-8/h1,4H2,2-3H3. The molecular formula is C8H10BrNS2. The summed E-state index contributed by atoms with van der Waals surface area (Å²) in [5, 5.41) is 0. The van der Waals surface area contributed by atoms with Crippen LogP contribution < -0.4 is 0 Å². The highest BCUT2D eigenvalue weighted by Crippen LogP contribution is 2.28. The first kappa shape index (κ1) is 10.3. The number of nitrogens with zero attached hydrogens (tertiary/aromatic N) is 1. The zero-order valence-corrected chi connectivity index (χ0v) is 10.3. The SMILES string of the molecule is C=C(Br)CSc1nc(C)c(C)s1. The molecule has 0 saturated heterocycles. The van der Waals surface area contributed by atoms with Gasteiger partial charge in [0.05, 0.1) is 5.69 Å². The number of hydrogen-bond acceptors (Lipinski definition) is 3. The van der Waals surface area contributed by atoms with E-state index in [0.29, 0.717) is 0 Å². The lowest BCUT2D eigenvalue weighted by Gasteiger charge is -1.92. The average molecular weight is 264 g/mol. The summed E-state index contributed by atoms with van der Waals surface area (Å²) in [4.78, 5) is 5.71. The molecule has 0 aromatic carbocycles. The molecule has 0 spiro atoms. The van der Waals surface area contributed by atoms with Crippen LogP contribution in [-0.4, -0.2) is 10.7 Å². The second-order valence-electron chi connectivity index (χ2n) is 2.43. The minimum absolute atomic E-state index is 0.895. The zero-order chi connectivity index (χ0) is 9.14. The number of thioether (sulfide) groups is 1. The van der Waals surface area contributed by atoms with Crippen molar-refractivity contribution in [1.29, 1.82) is 0 Å². The van der Waals surface area contributed by atoms with E-state index in [0.717, 1.165) is 20.3 Å². The summed E-state index contributed by atoms with van der Waals surface area (Å²) in [6, 6.07) is 0. The molecule has 0 amide bonds. The largest absolute Gasteiger partial charge is 0.235 e. The van der Waals surface area contributed by atoms with Crippen molar-refractivity contribution in [1.82, 2.24) is 4.98 Å². The van der Waals surface area contributed by atoms with Crippen LogP contribution in [0.1, 0.15) is 10.6 Å². The summed E-state index contributed by atoms with van der Waals surface area (Å²) in [5.74, 6) is 0.895. The fraction of sp³-hybridized carbons (Fsp3) is 0.375. The Labute approximate surface area is 89.4 Å². The summed E-state index contributed by atoms with van der Waals surface area (Å²) < 4.78 is 2.14. The maximum absolute atomic E-state index is 4.40. The van der Waals surface area contributed by atoms with E-state index >= 15 is 0 Å². The summed E-state index contributed by atoms with van der Waals surface area (Å²) >= 11 is 6.79. The van der Waals surface area contributed by atoms with Gasteiger partial charge in [0, 0.05) is 10.6 Å². The molecule has 1 rings (SSSR count). The fourth-order valence-corrected chi connectivity index (χ4v) is 2.90. The van der Waals surface area contributed by atoms with Crippen molar-refractivity contribution in [2.45, 2.75) is 18.2 Å². The molecule has 0 atom stereocenters.